The number of fused-ring (bicyclic) bond motifs is 1. The third-order valence-electron chi connectivity index (χ3n) is 7.68. The van der Waals surface area contributed by atoms with Gasteiger partial charge >= 0.3 is 0 Å². The number of pyridine rings is 1. The second-order valence-corrected chi connectivity index (χ2v) is 13.7. The average Bonchev–Trinajstić information content (AvgIpc) is 3.29. The number of nitrogens with one attached hydrogen (secondary N) is 1. The Hall–Kier alpha value is -3.28. The van der Waals surface area contributed by atoms with E-state index in [0.717, 1.165) is 16.5 Å². The maximum absolute atomic E-state index is 11.9. The standard InChI is InChI=1S/C29H36ClN7O3S/c1-17(2)21-7-8-25(37-14-20(19(37)4)16-41(6,38)39)23-12-32-27(11-22(21)23)33-26-9-10-31-29(34-26)24-15-36(35-28(24)30)13-18(3)40-5/h7-12,15,17-20H,13-14,16H2,1-6H3,(H,31,32,33,34)/t18-,19+,20+/m0/s1. The third kappa shape index (κ3) is 6.32. The monoisotopic (exact) mass is 597 g/mol. The fraction of sp³-hybridized carbons (Fsp3) is 0.448. The van der Waals surface area contributed by atoms with Gasteiger partial charge < -0.3 is 15.0 Å². The van der Waals surface area contributed by atoms with Crippen molar-refractivity contribution in [3.05, 3.63) is 53.6 Å². The van der Waals surface area contributed by atoms with E-state index in [1.807, 2.05) is 25.4 Å². The molecule has 0 spiro atoms. The van der Waals surface area contributed by atoms with Crippen LogP contribution in [0.25, 0.3) is 22.2 Å². The van der Waals surface area contributed by atoms with Crippen LogP contribution in [0.15, 0.2) is 42.9 Å². The zero-order valence-electron chi connectivity index (χ0n) is 24.2. The molecule has 10 nitrogen and oxygen atoms in total. The molecular formula is C29H36ClN7O3S. The fourth-order valence-corrected chi connectivity index (χ4v) is 6.72. The van der Waals surface area contributed by atoms with E-state index in [2.05, 4.69) is 58.2 Å². The van der Waals surface area contributed by atoms with Crippen molar-refractivity contribution in [3.8, 4) is 11.4 Å². The Balaban J connectivity index is 1.42. The van der Waals surface area contributed by atoms with Gasteiger partial charge in [0.15, 0.2) is 11.0 Å². The van der Waals surface area contributed by atoms with E-state index >= 15 is 0 Å². The Labute approximate surface area is 246 Å². The first-order valence-corrected chi connectivity index (χ1v) is 16.1. The van der Waals surface area contributed by atoms with Gasteiger partial charge in [0.2, 0.25) is 0 Å². The van der Waals surface area contributed by atoms with Crippen molar-refractivity contribution in [2.75, 3.05) is 35.9 Å². The van der Waals surface area contributed by atoms with Crippen LogP contribution in [0.5, 0.6) is 0 Å². The second kappa shape index (κ2) is 11.5. The summed E-state index contributed by atoms with van der Waals surface area (Å²) in [5.74, 6) is 2.32. The minimum Gasteiger partial charge on any atom is -0.380 e. The number of nitrogens with zero attached hydrogens (tertiary/aromatic N) is 6. The highest BCUT2D eigenvalue weighted by Crippen LogP contribution is 2.39. The molecule has 41 heavy (non-hydrogen) atoms. The van der Waals surface area contributed by atoms with Gasteiger partial charge in [0, 0.05) is 61.5 Å². The van der Waals surface area contributed by atoms with Crippen LogP contribution in [-0.2, 0) is 21.1 Å². The van der Waals surface area contributed by atoms with Crippen LogP contribution in [0.3, 0.4) is 0 Å². The van der Waals surface area contributed by atoms with Gasteiger partial charge in [-0.2, -0.15) is 5.10 Å². The van der Waals surface area contributed by atoms with E-state index < -0.39 is 9.84 Å². The van der Waals surface area contributed by atoms with E-state index in [9.17, 15) is 8.42 Å². The highest BCUT2D eigenvalue weighted by atomic mass is 35.5. The molecule has 3 aromatic heterocycles. The van der Waals surface area contributed by atoms with Gasteiger partial charge in [-0.3, -0.25) is 4.68 Å². The number of aromatic nitrogens is 5. The van der Waals surface area contributed by atoms with Crippen molar-refractivity contribution in [1.82, 2.24) is 24.7 Å². The molecule has 0 bridgehead atoms. The van der Waals surface area contributed by atoms with Gasteiger partial charge in [-0.15, -0.1) is 0 Å². The smallest absolute Gasteiger partial charge is 0.166 e. The summed E-state index contributed by atoms with van der Waals surface area (Å²) in [6.07, 6.45) is 6.67. The van der Waals surface area contributed by atoms with Crippen molar-refractivity contribution >= 4 is 49.5 Å². The summed E-state index contributed by atoms with van der Waals surface area (Å²) in [6.45, 7) is 9.66. The molecule has 1 fully saturated rings. The summed E-state index contributed by atoms with van der Waals surface area (Å²) >= 11 is 6.42. The first-order valence-electron chi connectivity index (χ1n) is 13.7. The summed E-state index contributed by atoms with van der Waals surface area (Å²) in [4.78, 5) is 16.1. The van der Waals surface area contributed by atoms with E-state index in [0.29, 0.717) is 47.2 Å². The number of halogens is 1. The number of methoxy groups -OCH3 is 1. The van der Waals surface area contributed by atoms with E-state index in [4.69, 9.17) is 21.3 Å². The van der Waals surface area contributed by atoms with Gasteiger partial charge in [-0.25, -0.2) is 23.4 Å². The van der Waals surface area contributed by atoms with Crippen LogP contribution in [-0.4, -0.2) is 71.0 Å². The molecule has 218 valence electrons. The molecule has 12 heteroatoms. The van der Waals surface area contributed by atoms with Crippen molar-refractivity contribution in [3.63, 3.8) is 0 Å². The molecular weight excluding hydrogens is 562 g/mol. The Kier molecular flexibility index (Phi) is 8.22. The maximum atomic E-state index is 11.9. The van der Waals surface area contributed by atoms with Crippen LogP contribution in [0, 0.1) is 5.92 Å². The molecule has 4 aromatic rings. The van der Waals surface area contributed by atoms with Crippen molar-refractivity contribution < 1.29 is 13.2 Å². The summed E-state index contributed by atoms with van der Waals surface area (Å²) < 4.78 is 30.8. The minimum atomic E-state index is -3.02. The van der Waals surface area contributed by atoms with Gasteiger partial charge in [0.25, 0.3) is 0 Å². The number of hydrogen-bond donors (Lipinski definition) is 1. The number of anilines is 3. The van der Waals surface area contributed by atoms with E-state index in [1.54, 1.807) is 24.1 Å². The van der Waals surface area contributed by atoms with Crippen LogP contribution >= 0.6 is 11.6 Å². The minimum absolute atomic E-state index is 0.0128. The highest BCUT2D eigenvalue weighted by Gasteiger charge is 2.38. The fourth-order valence-electron chi connectivity index (χ4n) is 5.32. The topological polar surface area (TPSA) is 115 Å². The van der Waals surface area contributed by atoms with Gasteiger partial charge in [0.05, 0.1) is 24.0 Å². The lowest BCUT2D eigenvalue weighted by Gasteiger charge is -2.48. The Morgan fingerprint density at radius 1 is 1.15 bits per heavy atom. The second-order valence-electron chi connectivity index (χ2n) is 11.2. The first kappa shape index (κ1) is 29.2. The number of rotatable bonds is 10. The largest absolute Gasteiger partial charge is 0.380 e. The normalized spacial score (nSPS) is 18.1. The molecule has 5 rings (SSSR count). The molecule has 0 unspecified atom stereocenters. The lowest BCUT2D eigenvalue weighted by Crippen LogP contribution is -2.57. The molecule has 4 heterocycles. The lowest BCUT2D eigenvalue weighted by atomic mass is 9.88. The third-order valence-corrected chi connectivity index (χ3v) is 8.99. The number of benzene rings is 1. The Morgan fingerprint density at radius 3 is 2.61 bits per heavy atom. The molecule has 1 N–H and O–H groups in total. The quantitative estimate of drug-likeness (QED) is 0.259. The molecule has 3 atom stereocenters. The maximum Gasteiger partial charge on any atom is 0.166 e. The number of ether oxygens (including phenoxy) is 1. The predicted octanol–water partition coefficient (Wildman–Crippen LogP) is 5.31. The van der Waals surface area contributed by atoms with Crippen LogP contribution in [0.4, 0.5) is 17.3 Å². The summed E-state index contributed by atoms with van der Waals surface area (Å²) in [5.41, 5.74) is 2.91. The zero-order valence-corrected chi connectivity index (χ0v) is 25.7. The van der Waals surface area contributed by atoms with Gasteiger partial charge in [-0.1, -0.05) is 31.5 Å². The van der Waals surface area contributed by atoms with Crippen LogP contribution in [0.2, 0.25) is 5.15 Å². The van der Waals surface area contributed by atoms with Crippen molar-refractivity contribution in [2.45, 2.75) is 52.3 Å². The molecule has 1 aliphatic rings. The summed E-state index contributed by atoms with van der Waals surface area (Å²) in [5, 5.41) is 10.2. The Morgan fingerprint density at radius 2 is 1.93 bits per heavy atom. The summed E-state index contributed by atoms with van der Waals surface area (Å²) in [6, 6.07) is 8.25. The lowest BCUT2D eigenvalue weighted by molar-refractivity contribution is 0.0998. The first-order chi connectivity index (χ1) is 19.4. The molecule has 1 aliphatic heterocycles. The van der Waals surface area contributed by atoms with Gasteiger partial charge in [0.1, 0.15) is 21.5 Å². The zero-order chi connectivity index (χ0) is 29.5. The van der Waals surface area contributed by atoms with E-state index in [-0.39, 0.29) is 23.8 Å². The highest BCUT2D eigenvalue weighted by molar-refractivity contribution is 7.90. The Bertz CT molecular complexity index is 1670. The molecule has 0 radical (unpaired) electrons. The predicted molar refractivity (Wildman–Crippen MR) is 164 cm³/mol. The molecule has 1 saturated heterocycles. The van der Waals surface area contributed by atoms with Crippen LogP contribution in [0.1, 0.15) is 39.2 Å². The molecule has 1 aromatic carbocycles. The van der Waals surface area contributed by atoms with Crippen LogP contribution < -0.4 is 10.2 Å². The molecule has 0 saturated carbocycles. The van der Waals surface area contributed by atoms with Crippen molar-refractivity contribution in [2.24, 2.45) is 5.92 Å². The molecule has 0 aliphatic carbocycles. The average molecular weight is 598 g/mol. The van der Waals surface area contributed by atoms with E-state index in [1.165, 1.54) is 11.8 Å². The number of hydrogen-bond acceptors (Lipinski definition) is 9. The SMILES string of the molecule is CO[C@@H](C)Cn1cc(-c2nccc(Nc3cc4c(C(C)C)ccc(N5C[C@H](CS(C)(=O)=O)[C@H]5C)c4cn3)n2)c(Cl)n1. The van der Waals surface area contributed by atoms with Gasteiger partial charge in [-0.05, 0) is 48.9 Å². The molecule has 0 amide bonds. The summed E-state index contributed by atoms with van der Waals surface area (Å²) in [7, 11) is -1.37. The number of sulfone groups is 1. The van der Waals surface area contributed by atoms with Crippen molar-refractivity contribution in [1.29, 1.82) is 0 Å².